The number of ether oxygens (including phenoxy) is 5. The Bertz CT molecular complexity index is 380. The van der Waals surface area contributed by atoms with Crippen molar-refractivity contribution in [1.29, 1.82) is 0 Å². The van der Waals surface area contributed by atoms with Crippen molar-refractivity contribution in [2.24, 2.45) is 0 Å². The lowest BCUT2D eigenvalue weighted by Crippen LogP contribution is -2.13. The average molecular weight is 309 g/mol. The topological polar surface area (TPSA) is 46.2 Å². The second-order valence-electron chi connectivity index (χ2n) is 4.95. The molecule has 1 aromatic rings. The second kappa shape index (κ2) is 11.5. The Kier molecular flexibility index (Phi) is 8.98. The molecule has 1 aromatic carbocycles. The van der Waals surface area contributed by atoms with Gasteiger partial charge in [0.1, 0.15) is 6.61 Å². The van der Waals surface area contributed by atoms with Gasteiger partial charge in [0.05, 0.1) is 71.1 Å². The van der Waals surface area contributed by atoms with Crippen molar-refractivity contribution in [3.8, 4) is 0 Å². The predicted molar refractivity (Wildman–Crippen MR) is 82.6 cm³/mol. The van der Waals surface area contributed by atoms with Crippen molar-refractivity contribution in [2.75, 3.05) is 52.9 Å². The van der Waals surface area contributed by atoms with Crippen molar-refractivity contribution in [1.82, 2.24) is 0 Å². The highest BCUT2D eigenvalue weighted by molar-refractivity contribution is 5.20. The van der Waals surface area contributed by atoms with E-state index < -0.39 is 0 Å². The molecule has 0 N–H and O–H groups in total. The van der Waals surface area contributed by atoms with E-state index in [1.54, 1.807) is 0 Å². The van der Waals surface area contributed by atoms with Gasteiger partial charge in [0, 0.05) is 29.8 Å². The van der Waals surface area contributed by atoms with E-state index in [1.165, 1.54) is 0 Å². The summed E-state index contributed by atoms with van der Waals surface area (Å²) in [7, 11) is 0. The van der Waals surface area contributed by atoms with Crippen LogP contribution in [0.2, 0.25) is 0 Å². The summed E-state index contributed by atoms with van der Waals surface area (Å²) in [5.41, 5.74) is 2.26. The Balaban J connectivity index is 1.85. The van der Waals surface area contributed by atoms with Gasteiger partial charge in [-0.15, -0.1) is 0 Å². The first-order valence-electron chi connectivity index (χ1n) is 7.75. The van der Waals surface area contributed by atoms with E-state index >= 15 is 0 Å². The monoisotopic (exact) mass is 309 g/mol. The minimum atomic E-state index is 0.574. The highest BCUT2D eigenvalue weighted by Gasteiger charge is 2.03. The zero-order chi connectivity index (χ0) is 15.3. The fourth-order valence-electron chi connectivity index (χ4n) is 2.03. The van der Waals surface area contributed by atoms with Crippen LogP contribution in [0.3, 0.4) is 0 Å². The lowest BCUT2D eigenvalue weighted by Gasteiger charge is -2.08. The largest absolute Gasteiger partial charge is 0.377 e. The fraction of sp³-hybridized carbons (Fsp3) is 0.588. The molecule has 0 spiro atoms. The van der Waals surface area contributed by atoms with Crippen LogP contribution < -0.4 is 0 Å². The summed E-state index contributed by atoms with van der Waals surface area (Å²) in [6, 6.07) is 10.3. The van der Waals surface area contributed by atoms with Gasteiger partial charge in [-0.2, -0.15) is 0 Å². The third kappa shape index (κ3) is 7.77. The quantitative estimate of drug-likeness (QED) is 0.687. The molecule has 5 nitrogen and oxygen atoms in total. The summed E-state index contributed by atoms with van der Waals surface area (Å²) in [6.07, 6.45) is 0. The van der Waals surface area contributed by atoms with Crippen LogP contribution in [0.25, 0.3) is 0 Å². The average Bonchev–Trinajstić information content (AvgIpc) is 2.75. The first kappa shape index (κ1) is 17.2. The van der Waals surface area contributed by atoms with Gasteiger partial charge < -0.3 is 23.7 Å². The normalized spacial score (nSPS) is 19.8. The van der Waals surface area contributed by atoms with Crippen LogP contribution in [0.5, 0.6) is 0 Å². The van der Waals surface area contributed by atoms with E-state index in [2.05, 4.69) is 18.2 Å². The van der Waals surface area contributed by atoms with E-state index in [-0.39, 0.29) is 0 Å². The standard InChI is InChI=1S/C17H25O5/c1-2-4-17-13-16(3-1)14-21-11-9-19-7-5-18-6-8-20-10-12-22-15-17/h1-4,13H,5-12,14-15H2/q+1. The lowest BCUT2D eigenvalue weighted by atomic mass is 10.2. The third-order valence-electron chi connectivity index (χ3n) is 3.13. The summed E-state index contributed by atoms with van der Waals surface area (Å²) in [5, 5.41) is 0. The second-order valence-corrected chi connectivity index (χ2v) is 4.95. The molecule has 1 aliphatic rings. The summed E-state index contributed by atoms with van der Waals surface area (Å²) in [6.45, 7) is 5.78. The zero-order valence-corrected chi connectivity index (χ0v) is 13.0. The molecule has 0 amide bonds. The first-order valence-corrected chi connectivity index (χ1v) is 7.75. The Morgan fingerprint density at radius 2 is 1.14 bits per heavy atom. The molecule has 5 heteroatoms. The van der Waals surface area contributed by atoms with Crippen molar-refractivity contribution < 1.29 is 23.7 Å². The number of fused-ring (bicyclic) bond motifs is 2. The van der Waals surface area contributed by atoms with Gasteiger partial charge in [0.2, 0.25) is 0 Å². The number of hydrogen-bond acceptors (Lipinski definition) is 5. The maximum Gasteiger partial charge on any atom is 0.115 e. The molecular weight excluding hydrogens is 284 g/mol. The maximum atomic E-state index is 5.63. The van der Waals surface area contributed by atoms with Crippen molar-refractivity contribution >= 4 is 0 Å². The van der Waals surface area contributed by atoms with Crippen LogP contribution in [0, 0.1) is 0 Å². The third-order valence-corrected chi connectivity index (χ3v) is 3.13. The molecule has 2 rings (SSSR count). The molecule has 0 saturated carbocycles. The van der Waals surface area contributed by atoms with E-state index in [0.29, 0.717) is 66.1 Å². The van der Waals surface area contributed by atoms with Crippen LogP contribution in [0.4, 0.5) is 0 Å². The molecule has 1 aliphatic heterocycles. The van der Waals surface area contributed by atoms with Gasteiger partial charge in [0.15, 0.2) is 0 Å². The highest BCUT2D eigenvalue weighted by Crippen LogP contribution is 2.07. The molecule has 1 heterocycles. The molecule has 0 unspecified atom stereocenters. The molecule has 0 aliphatic carbocycles. The number of rotatable bonds is 0. The first-order chi connectivity index (χ1) is 10.9. The molecule has 0 radical (unpaired) electrons. The molecule has 0 fully saturated rings. The Morgan fingerprint density at radius 1 is 0.636 bits per heavy atom. The highest BCUT2D eigenvalue weighted by atomic mass is 16.6. The van der Waals surface area contributed by atoms with Crippen molar-refractivity contribution in [3.05, 3.63) is 41.5 Å². The minimum absolute atomic E-state index is 0.574. The van der Waals surface area contributed by atoms with Crippen LogP contribution in [-0.4, -0.2) is 52.9 Å². The van der Waals surface area contributed by atoms with Gasteiger partial charge in [-0.25, -0.2) is 0 Å². The van der Waals surface area contributed by atoms with E-state index in [1.807, 2.05) is 12.1 Å². The number of hydrogen-bond donors (Lipinski definition) is 0. The van der Waals surface area contributed by atoms with Crippen LogP contribution >= 0.6 is 0 Å². The SMILES string of the molecule is c1cc2cc(c[cH+]1)COCCOCCOCCOCCOC2. The van der Waals surface area contributed by atoms with Crippen molar-refractivity contribution in [2.45, 2.75) is 13.2 Å². The molecular formula is C17H25O5+. The molecule has 22 heavy (non-hydrogen) atoms. The molecule has 0 aromatic heterocycles. The minimum Gasteiger partial charge on any atom is -0.377 e. The smallest absolute Gasteiger partial charge is 0.115 e. The van der Waals surface area contributed by atoms with Gasteiger partial charge in [-0.3, -0.25) is 0 Å². The summed E-state index contributed by atoms with van der Waals surface area (Å²) < 4.78 is 27.5. The predicted octanol–water partition coefficient (Wildman–Crippen LogP) is 2.06. The van der Waals surface area contributed by atoms with Gasteiger partial charge in [-0.05, 0) is 0 Å². The van der Waals surface area contributed by atoms with Gasteiger partial charge in [-0.1, -0.05) is 0 Å². The van der Waals surface area contributed by atoms with Gasteiger partial charge in [0.25, 0.3) is 0 Å². The molecule has 122 valence electrons. The van der Waals surface area contributed by atoms with E-state index in [0.717, 1.165) is 11.1 Å². The Morgan fingerprint density at radius 3 is 1.73 bits per heavy atom. The zero-order valence-electron chi connectivity index (χ0n) is 13.0. The van der Waals surface area contributed by atoms with E-state index in [9.17, 15) is 0 Å². The fourth-order valence-corrected chi connectivity index (χ4v) is 2.03. The van der Waals surface area contributed by atoms with Crippen LogP contribution in [0.1, 0.15) is 11.1 Å². The Hall–Kier alpha value is -1.11. The maximum absolute atomic E-state index is 5.63. The van der Waals surface area contributed by atoms with Gasteiger partial charge >= 0.3 is 0 Å². The summed E-state index contributed by atoms with van der Waals surface area (Å²) in [5.74, 6) is 0. The summed E-state index contributed by atoms with van der Waals surface area (Å²) >= 11 is 0. The molecule has 0 saturated heterocycles. The molecule has 0 atom stereocenters. The Labute approximate surface area is 132 Å². The molecule has 2 bridgehead atoms. The van der Waals surface area contributed by atoms with Crippen molar-refractivity contribution in [3.63, 3.8) is 0 Å². The summed E-state index contributed by atoms with van der Waals surface area (Å²) in [4.78, 5) is 0. The van der Waals surface area contributed by atoms with Crippen LogP contribution in [-0.2, 0) is 36.9 Å². The lowest BCUT2D eigenvalue weighted by molar-refractivity contribution is -0.0143. The van der Waals surface area contributed by atoms with E-state index in [4.69, 9.17) is 23.7 Å². The van der Waals surface area contributed by atoms with Crippen LogP contribution in [0.15, 0.2) is 30.3 Å².